The van der Waals surface area contributed by atoms with Crippen molar-refractivity contribution in [3.05, 3.63) is 51.4 Å². The highest BCUT2D eigenvalue weighted by atomic mass is 16.5. The molecule has 0 amide bonds. The van der Waals surface area contributed by atoms with Crippen molar-refractivity contribution in [2.75, 3.05) is 13.7 Å². The number of esters is 1. The van der Waals surface area contributed by atoms with Crippen molar-refractivity contribution in [2.45, 2.75) is 31.8 Å². The first-order valence-corrected chi connectivity index (χ1v) is 8.21. The molecule has 3 rings (SSSR count). The average Bonchev–Trinajstić information content (AvgIpc) is 2.93. The van der Waals surface area contributed by atoms with Crippen molar-refractivity contribution in [2.24, 2.45) is 5.92 Å². The zero-order chi connectivity index (χ0) is 18.2. The Morgan fingerprint density at radius 3 is 2.60 bits per heavy atom. The number of benzene rings is 1. The lowest BCUT2D eigenvalue weighted by Crippen LogP contribution is -2.49. The number of carbonyl (C=O) groups excluding carboxylic acids is 1. The molecule has 0 aliphatic heterocycles. The smallest absolute Gasteiger partial charge is 0.312 e. The van der Waals surface area contributed by atoms with Crippen molar-refractivity contribution >= 4 is 5.97 Å². The predicted molar refractivity (Wildman–Crippen MR) is 90.7 cm³/mol. The number of carbonyl (C=O) groups is 1. The Bertz CT molecular complexity index is 819. The molecule has 1 aliphatic rings. The van der Waals surface area contributed by atoms with E-state index < -0.39 is 23.4 Å². The second kappa shape index (κ2) is 6.40. The maximum atomic E-state index is 12.4. The number of rotatable bonds is 4. The van der Waals surface area contributed by atoms with Crippen LogP contribution in [0.15, 0.2) is 29.1 Å². The zero-order valence-electron chi connectivity index (χ0n) is 14.5. The number of hydrogen-bond donors (Lipinski definition) is 3. The number of aliphatic hydroxyl groups is 1. The molecule has 0 fully saturated rings. The molecule has 0 spiro atoms. The molecule has 7 heteroatoms. The molecule has 1 heterocycles. The van der Waals surface area contributed by atoms with E-state index in [2.05, 4.69) is 10.2 Å². The third kappa shape index (κ3) is 2.95. The summed E-state index contributed by atoms with van der Waals surface area (Å²) < 4.78 is 10.4. The van der Waals surface area contributed by atoms with Gasteiger partial charge in [-0.1, -0.05) is 12.1 Å². The summed E-state index contributed by atoms with van der Waals surface area (Å²) >= 11 is 0. The van der Waals surface area contributed by atoms with Crippen LogP contribution in [-0.4, -0.2) is 40.6 Å². The van der Waals surface area contributed by atoms with Crippen LogP contribution < -0.4 is 10.3 Å². The fourth-order valence-corrected chi connectivity index (χ4v) is 3.68. The highest BCUT2D eigenvalue weighted by molar-refractivity contribution is 5.77. The van der Waals surface area contributed by atoms with E-state index in [9.17, 15) is 14.7 Å². The van der Waals surface area contributed by atoms with E-state index in [1.165, 1.54) is 7.11 Å². The fraction of sp³-hybridized carbons (Fsp3) is 0.444. The highest BCUT2D eigenvalue weighted by Crippen LogP contribution is 2.44. The van der Waals surface area contributed by atoms with Crippen LogP contribution in [0.4, 0.5) is 0 Å². The van der Waals surface area contributed by atoms with Gasteiger partial charge in [0.15, 0.2) is 0 Å². The highest BCUT2D eigenvalue weighted by Gasteiger charge is 2.51. The van der Waals surface area contributed by atoms with Crippen molar-refractivity contribution in [3.8, 4) is 5.75 Å². The number of H-pyrrole nitrogens is 2. The molecule has 0 saturated heterocycles. The number of aromatic nitrogens is 2. The molecule has 0 bridgehead atoms. The summed E-state index contributed by atoms with van der Waals surface area (Å²) in [6, 6.07) is 7.19. The van der Waals surface area contributed by atoms with Gasteiger partial charge in [0.05, 0.1) is 25.2 Å². The molecule has 0 saturated carbocycles. The molecule has 1 aromatic heterocycles. The van der Waals surface area contributed by atoms with Gasteiger partial charge in [-0.25, -0.2) is 0 Å². The monoisotopic (exact) mass is 346 g/mol. The lowest BCUT2D eigenvalue weighted by atomic mass is 9.66. The normalized spacial score (nSPS) is 25.3. The van der Waals surface area contributed by atoms with Crippen molar-refractivity contribution in [1.29, 1.82) is 0 Å². The SMILES string of the molecule is CCOc1ccc([C@H]2c3c([nH][nH]c3=O)C[C@](C)(O)[C@@H]2C(=O)OC)cc1. The van der Waals surface area contributed by atoms with Crippen LogP contribution in [0.1, 0.15) is 36.6 Å². The quantitative estimate of drug-likeness (QED) is 0.725. The molecule has 0 unspecified atom stereocenters. The summed E-state index contributed by atoms with van der Waals surface area (Å²) in [6.45, 7) is 4.03. The Balaban J connectivity index is 2.15. The van der Waals surface area contributed by atoms with Gasteiger partial charge in [0.1, 0.15) is 5.75 Å². The van der Waals surface area contributed by atoms with Gasteiger partial charge in [-0.2, -0.15) is 0 Å². The molecule has 3 N–H and O–H groups in total. The standard InChI is InChI=1S/C18H22N2O5/c1-4-25-11-7-5-10(6-8-11)13-14-12(19-20-16(14)21)9-18(2,23)15(13)17(22)24-3/h5-8,13,15,23H,4,9H2,1-3H3,(H2,19,20,21)/t13-,15-,18-/m0/s1. The second-order valence-corrected chi connectivity index (χ2v) is 6.49. The molecule has 1 aliphatic carbocycles. The van der Waals surface area contributed by atoms with Gasteiger partial charge in [0, 0.05) is 23.6 Å². The molecular formula is C18H22N2O5. The summed E-state index contributed by atoms with van der Waals surface area (Å²) in [6.07, 6.45) is 0.161. The molecule has 25 heavy (non-hydrogen) atoms. The van der Waals surface area contributed by atoms with Crippen LogP contribution in [0.3, 0.4) is 0 Å². The molecule has 3 atom stereocenters. The van der Waals surface area contributed by atoms with E-state index in [0.717, 1.165) is 5.56 Å². The molecule has 1 aromatic carbocycles. The zero-order valence-corrected chi connectivity index (χ0v) is 14.5. The topological polar surface area (TPSA) is 104 Å². The minimum Gasteiger partial charge on any atom is -0.494 e. The van der Waals surface area contributed by atoms with Crippen molar-refractivity contribution < 1.29 is 19.4 Å². The van der Waals surface area contributed by atoms with E-state index in [0.29, 0.717) is 23.6 Å². The Morgan fingerprint density at radius 1 is 1.32 bits per heavy atom. The number of methoxy groups -OCH3 is 1. The van der Waals surface area contributed by atoms with E-state index >= 15 is 0 Å². The minimum atomic E-state index is -1.35. The second-order valence-electron chi connectivity index (χ2n) is 6.49. The van der Waals surface area contributed by atoms with E-state index in [-0.39, 0.29) is 12.0 Å². The lowest BCUT2D eigenvalue weighted by Gasteiger charge is -2.40. The third-order valence-electron chi connectivity index (χ3n) is 4.75. The number of hydrogen-bond acceptors (Lipinski definition) is 5. The summed E-state index contributed by atoms with van der Waals surface area (Å²) in [7, 11) is 1.28. The first-order valence-electron chi connectivity index (χ1n) is 8.21. The number of aromatic amines is 2. The van der Waals surface area contributed by atoms with Crippen LogP contribution in [0.2, 0.25) is 0 Å². The van der Waals surface area contributed by atoms with Crippen LogP contribution >= 0.6 is 0 Å². The predicted octanol–water partition coefficient (Wildman–Crippen LogP) is 1.33. The van der Waals surface area contributed by atoms with E-state index in [1.807, 2.05) is 19.1 Å². The van der Waals surface area contributed by atoms with Gasteiger partial charge in [0.2, 0.25) is 0 Å². The van der Waals surface area contributed by atoms with Gasteiger partial charge >= 0.3 is 5.97 Å². The number of nitrogens with one attached hydrogen (secondary N) is 2. The summed E-state index contributed by atoms with van der Waals surface area (Å²) in [5, 5.41) is 16.3. The third-order valence-corrected chi connectivity index (χ3v) is 4.75. The van der Waals surface area contributed by atoms with Gasteiger partial charge in [-0.05, 0) is 31.5 Å². The van der Waals surface area contributed by atoms with Crippen LogP contribution in [-0.2, 0) is 16.0 Å². The summed E-state index contributed by atoms with van der Waals surface area (Å²) in [4.78, 5) is 24.8. The van der Waals surface area contributed by atoms with Crippen LogP contribution in [0.25, 0.3) is 0 Å². The van der Waals surface area contributed by atoms with E-state index in [4.69, 9.17) is 9.47 Å². The Labute approximate surface area is 145 Å². The van der Waals surface area contributed by atoms with Gasteiger partial charge in [-0.3, -0.25) is 14.7 Å². The van der Waals surface area contributed by atoms with Crippen molar-refractivity contribution in [1.82, 2.24) is 10.2 Å². The number of fused-ring (bicyclic) bond motifs is 1. The first kappa shape index (κ1) is 17.3. The molecular weight excluding hydrogens is 324 g/mol. The summed E-state index contributed by atoms with van der Waals surface area (Å²) in [5.41, 5.74) is 0.165. The lowest BCUT2D eigenvalue weighted by molar-refractivity contribution is -0.156. The average molecular weight is 346 g/mol. The molecule has 2 aromatic rings. The number of ether oxygens (including phenoxy) is 2. The van der Waals surface area contributed by atoms with E-state index in [1.54, 1.807) is 19.1 Å². The maximum Gasteiger partial charge on any atom is 0.312 e. The molecule has 134 valence electrons. The molecule has 0 radical (unpaired) electrons. The Hall–Kier alpha value is -2.54. The maximum absolute atomic E-state index is 12.4. The first-order chi connectivity index (χ1) is 11.9. The van der Waals surface area contributed by atoms with Crippen molar-refractivity contribution in [3.63, 3.8) is 0 Å². The fourth-order valence-electron chi connectivity index (χ4n) is 3.68. The Kier molecular flexibility index (Phi) is 4.43. The largest absolute Gasteiger partial charge is 0.494 e. The van der Waals surface area contributed by atoms with Gasteiger partial charge < -0.3 is 19.7 Å². The van der Waals surface area contributed by atoms with Crippen LogP contribution in [0, 0.1) is 5.92 Å². The Morgan fingerprint density at radius 2 is 2.00 bits per heavy atom. The summed E-state index contributed by atoms with van der Waals surface area (Å²) in [5.74, 6) is -1.35. The minimum absolute atomic E-state index is 0.161. The molecule has 7 nitrogen and oxygen atoms in total. The van der Waals surface area contributed by atoms with Crippen LogP contribution in [0.5, 0.6) is 5.75 Å². The van der Waals surface area contributed by atoms with Gasteiger partial charge in [0.25, 0.3) is 5.56 Å². The van der Waals surface area contributed by atoms with Gasteiger partial charge in [-0.15, -0.1) is 0 Å².